The summed E-state index contributed by atoms with van der Waals surface area (Å²) in [4.78, 5) is 13.3. The van der Waals surface area contributed by atoms with Crippen LogP contribution in [0.4, 0.5) is 4.39 Å². The Balaban J connectivity index is 1.88. The summed E-state index contributed by atoms with van der Waals surface area (Å²) in [6, 6.07) is 16.7. The molecule has 3 nitrogen and oxygen atoms in total. The Morgan fingerprint density at radius 3 is 2.50 bits per heavy atom. The zero-order valence-electron chi connectivity index (χ0n) is 16.0. The monoisotopic (exact) mass is 442 g/mol. The molecule has 4 rings (SSSR count). The summed E-state index contributed by atoms with van der Waals surface area (Å²) in [6.07, 6.45) is 0.773. The number of ether oxygens (including phenoxy) is 1. The molecule has 4 aromatic rings. The minimum absolute atomic E-state index is 0.00241. The predicted molar refractivity (Wildman–Crippen MR) is 118 cm³/mol. The smallest absolute Gasteiger partial charge is 0.235 e. The van der Waals surface area contributed by atoms with Crippen molar-refractivity contribution < 1.29 is 13.5 Å². The SMILES string of the molecule is CCc1ccc2oc(-c3ccc(Cl)cc3)c(OCc3c(F)cccc3Cl)c(=O)c2c1. The molecule has 30 heavy (non-hydrogen) atoms. The molecule has 0 aliphatic rings. The minimum atomic E-state index is -0.506. The summed E-state index contributed by atoms with van der Waals surface area (Å²) in [5.74, 6) is -0.257. The van der Waals surface area contributed by atoms with Crippen LogP contribution in [0.15, 0.2) is 69.9 Å². The Kier molecular flexibility index (Phi) is 5.80. The van der Waals surface area contributed by atoms with Crippen LogP contribution in [-0.2, 0) is 13.0 Å². The molecule has 0 amide bonds. The fourth-order valence-corrected chi connectivity index (χ4v) is 3.53. The fraction of sp³-hybridized carbons (Fsp3) is 0.125. The van der Waals surface area contributed by atoms with Crippen molar-refractivity contribution in [3.63, 3.8) is 0 Å². The zero-order chi connectivity index (χ0) is 21.3. The van der Waals surface area contributed by atoms with Gasteiger partial charge in [-0.05, 0) is 60.5 Å². The first-order chi connectivity index (χ1) is 14.5. The summed E-state index contributed by atoms with van der Waals surface area (Å²) >= 11 is 12.1. The Hall–Kier alpha value is -2.82. The van der Waals surface area contributed by atoms with E-state index in [1.165, 1.54) is 12.1 Å². The highest BCUT2D eigenvalue weighted by atomic mass is 35.5. The number of rotatable bonds is 5. The van der Waals surface area contributed by atoms with Crippen molar-refractivity contribution in [3.8, 4) is 17.1 Å². The van der Waals surface area contributed by atoms with Crippen molar-refractivity contribution in [3.05, 3.63) is 97.9 Å². The summed E-state index contributed by atoms with van der Waals surface area (Å²) in [6.45, 7) is 1.79. The highest BCUT2D eigenvalue weighted by molar-refractivity contribution is 6.31. The number of aryl methyl sites for hydroxylation is 1. The van der Waals surface area contributed by atoms with Gasteiger partial charge in [-0.1, -0.05) is 42.3 Å². The van der Waals surface area contributed by atoms with E-state index >= 15 is 0 Å². The van der Waals surface area contributed by atoms with Gasteiger partial charge in [0.2, 0.25) is 11.2 Å². The van der Waals surface area contributed by atoms with Crippen molar-refractivity contribution in [1.82, 2.24) is 0 Å². The van der Waals surface area contributed by atoms with Gasteiger partial charge in [0.25, 0.3) is 0 Å². The van der Waals surface area contributed by atoms with Gasteiger partial charge in [0.1, 0.15) is 18.0 Å². The number of fused-ring (bicyclic) bond motifs is 1. The van der Waals surface area contributed by atoms with Gasteiger partial charge in [-0.2, -0.15) is 0 Å². The maximum atomic E-state index is 14.2. The molecule has 0 atom stereocenters. The van der Waals surface area contributed by atoms with Crippen LogP contribution in [0.3, 0.4) is 0 Å². The van der Waals surface area contributed by atoms with Crippen LogP contribution < -0.4 is 10.2 Å². The average molecular weight is 443 g/mol. The van der Waals surface area contributed by atoms with Crippen LogP contribution in [0.5, 0.6) is 5.75 Å². The van der Waals surface area contributed by atoms with Gasteiger partial charge in [-0.15, -0.1) is 0 Å². The topological polar surface area (TPSA) is 39.4 Å². The highest BCUT2D eigenvalue weighted by Gasteiger charge is 2.19. The molecular formula is C24H17Cl2FO3. The van der Waals surface area contributed by atoms with Crippen LogP contribution in [0.2, 0.25) is 10.0 Å². The van der Waals surface area contributed by atoms with E-state index in [2.05, 4.69) is 0 Å². The third-order valence-corrected chi connectivity index (χ3v) is 5.46. The molecule has 0 bridgehead atoms. The lowest BCUT2D eigenvalue weighted by molar-refractivity contribution is 0.292. The fourth-order valence-electron chi connectivity index (χ4n) is 3.18. The summed E-state index contributed by atoms with van der Waals surface area (Å²) in [5, 5.41) is 1.18. The first-order valence-corrected chi connectivity index (χ1v) is 10.1. The lowest BCUT2D eigenvalue weighted by Crippen LogP contribution is -2.11. The van der Waals surface area contributed by atoms with E-state index in [0.717, 1.165) is 12.0 Å². The molecule has 152 valence electrons. The van der Waals surface area contributed by atoms with Crippen LogP contribution in [0, 0.1) is 5.82 Å². The molecule has 0 spiro atoms. The molecule has 0 fully saturated rings. The summed E-state index contributed by atoms with van der Waals surface area (Å²) < 4.78 is 26.1. The van der Waals surface area contributed by atoms with Crippen molar-refractivity contribution >= 4 is 34.2 Å². The molecule has 0 aliphatic carbocycles. The number of hydrogen-bond donors (Lipinski definition) is 0. The number of hydrogen-bond acceptors (Lipinski definition) is 3. The molecule has 3 aromatic carbocycles. The first-order valence-electron chi connectivity index (χ1n) is 9.39. The molecular weight excluding hydrogens is 426 g/mol. The second kappa shape index (κ2) is 8.50. The lowest BCUT2D eigenvalue weighted by atomic mass is 10.1. The van der Waals surface area contributed by atoms with Gasteiger partial charge in [0.05, 0.1) is 10.4 Å². The molecule has 0 aliphatic heterocycles. The van der Waals surface area contributed by atoms with Crippen LogP contribution in [0.1, 0.15) is 18.1 Å². The Labute approximate surface area is 182 Å². The van der Waals surface area contributed by atoms with E-state index in [9.17, 15) is 9.18 Å². The van der Waals surface area contributed by atoms with E-state index in [-0.39, 0.29) is 34.1 Å². The molecule has 1 heterocycles. The van der Waals surface area contributed by atoms with Gasteiger partial charge in [0.15, 0.2) is 5.76 Å². The predicted octanol–water partition coefficient (Wildman–Crippen LogP) is 7.05. The second-order valence-electron chi connectivity index (χ2n) is 6.77. The first kappa shape index (κ1) is 20.5. The Morgan fingerprint density at radius 1 is 1.03 bits per heavy atom. The summed E-state index contributed by atoms with van der Waals surface area (Å²) in [7, 11) is 0. The minimum Gasteiger partial charge on any atom is -0.481 e. The molecule has 0 saturated carbocycles. The number of halogens is 3. The lowest BCUT2D eigenvalue weighted by Gasteiger charge is -2.13. The molecule has 0 unspecified atom stereocenters. The van der Waals surface area contributed by atoms with Crippen molar-refractivity contribution in [2.45, 2.75) is 20.0 Å². The average Bonchev–Trinajstić information content (AvgIpc) is 2.75. The molecule has 0 saturated heterocycles. The Morgan fingerprint density at radius 2 is 1.80 bits per heavy atom. The van der Waals surface area contributed by atoms with E-state index in [4.69, 9.17) is 32.4 Å². The van der Waals surface area contributed by atoms with E-state index in [0.29, 0.717) is 21.6 Å². The van der Waals surface area contributed by atoms with Crippen molar-refractivity contribution in [1.29, 1.82) is 0 Å². The summed E-state index contributed by atoms with van der Waals surface area (Å²) in [5.41, 5.74) is 1.90. The number of benzene rings is 3. The molecule has 0 radical (unpaired) electrons. The van der Waals surface area contributed by atoms with E-state index < -0.39 is 5.82 Å². The largest absolute Gasteiger partial charge is 0.481 e. The van der Waals surface area contributed by atoms with E-state index in [1.54, 1.807) is 42.5 Å². The van der Waals surface area contributed by atoms with Crippen LogP contribution in [-0.4, -0.2) is 0 Å². The van der Waals surface area contributed by atoms with E-state index in [1.807, 2.05) is 13.0 Å². The standard InChI is InChI=1S/C24H17Cl2FO3/c1-2-14-6-11-21-17(12-14)22(28)24(23(30-21)15-7-9-16(25)10-8-15)29-13-18-19(26)4-3-5-20(18)27/h3-12H,2,13H2,1H3. The third kappa shape index (κ3) is 3.93. The van der Waals surface area contributed by atoms with Crippen LogP contribution >= 0.6 is 23.2 Å². The molecule has 1 aromatic heterocycles. The molecule has 6 heteroatoms. The van der Waals surface area contributed by atoms with Gasteiger partial charge in [0, 0.05) is 16.1 Å². The van der Waals surface area contributed by atoms with Gasteiger partial charge in [-0.3, -0.25) is 4.79 Å². The van der Waals surface area contributed by atoms with Gasteiger partial charge in [-0.25, -0.2) is 4.39 Å². The third-order valence-electron chi connectivity index (χ3n) is 4.85. The molecule has 0 N–H and O–H groups in total. The van der Waals surface area contributed by atoms with Crippen molar-refractivity contribution in [2.24, 2.45) is 0 Å². The normalized spacial score (nSPS) is 11.1. The second-order valence-corrected chi connectivity index (χ2v) is 7.61. The highest BCUT2D eigenvalue weighted by Crippen LogP contribution is 2.33. The Bertz CT molecular complexity index is 1260. The van der Waals surface area contributed by atoms with Crippen molar-refractivity contribution in [2.75, 3.05) is 0 Å². The maximum Gasteiger partial charge on any atom is 0.235 e. The quantitative estimate of drug-likeness (QED) is 0.332. The van der Waals surface area contributed by atoms with Gasteiger partial charge >= 0.3 is 0 Å². The maximum absolute atomic E-state index is 14.2. The van der Waals surface area contributed by atoms with Gasteiger partial charge < -0.3 is 9.15 Å². The zero-order valence-corrected chi connectivity index (χ0v) is 17.6. The van der Waals surface area contributed by atoms with Crippen LogP contribution in [0.25, 0.3) is 22.3 Å².